The number of nitrogens with two attached hydrogens (primary N) is 2. The summed E-state index contributed by atoms with van der Waals surface area (Å²) < 4.78 is 43.4. The zero-order valence-electron chi connectivity index (χ0n) is 6.41. The maximum atomic E-state index is 10.9. The van der Waals surface area contributed by atoms with Gasteiger partial charge in [0.2, 0.25) is 20.0 Å². The lowest BCUT2D eigenvalue weighted by Crippen LogP contribution is -2.32. The molecule has 0 amide bonds. The summed E-state index contributed by atoms with van der Waals surface area (Å²) >= 11 is 0. The van der Waals surface area contributed by atoms with Crippen molar-refractivity contribution in [3.63, 3.8) is 0 Å². The molecule has 4 N–H and O–H groups in total. The lowest BCUT2D eigenvalue weighted by atomic mass is 10.5. The summed E-state index contributed by atoms with van der Waals surface area (Å²) in [6.45, 7) is 0. The Morgan fingerprint density at radius 2 is 1.69 bits per heavy atom. The molecule has 0 aromatic carbocycles. The largest absolute Gasteiger partial charge is 0.235 e. The normalized spacial score (nSPS) is 23.2. The van der Waals surface area contributed by atoms with Gasteiger partial charge < -0.3 is 0 Å². The highest BCUT2D eigenvalue weighted by Crippen LogP contribution is 2.20. The maximum Gasteiger partial charge on any atom is 0.235 e. The molecule has 0 heterocycles. The molecule has 0 bridgehead atoms. The van der Waals surface area contributed by atoms with Crippen LogP contribution in [0.2, 0.25) is 0 Å². The first kappa shape index (κ1) is 10.4. The first-order valence-electron chi connectivity index (χ1n) is 3.16. The lowest BCUT2D eigenvalue weighted by Gasteiger charge is -2.08. The zero-order chi connectivity index (χ0) is 10.3. The van der Waals surface area contributed by atoms with Crippen LogP contribution in [0.1, 0.15) is 0 Å². The van der Waals surface area contributed by atoms with E-state index in [4.69, 9.17) is 10.3 Å². The molecule has 8 heteroatoms. The van der Waals surface area contributed by atoms with Crippen LogP contribution in [0.25, 0.3) is 0 Å². The minimum atomic E-state index is -4.00. The Bertz CT molecular complexity index is 471. The smallest absolute Gasteiger partial charge is 0.228 e. The van der Waals surface area contributed by atoms with Crippen molar-refractivity contribution < 1.29 is 16.8 Å². The van der Waals surface area contributed by atoms with Gasteiger partial charge >= 0.3 is 0 Å². The Morgan fingerprint density at radius 3 is 2.00 bits per heavy atom. The molecule has 74 valence electrons. The number of hydrogen-bond donors (Lipinski definition) is 2. The number of sulfonamides is 2. The van der Waals surface area contributed by atoms with E-state index in [-0.39, 0.29) is 0 Å². The zero-order valence-corrected chi connectivity index (χ0v) is 8.05. The fourth-order valence-electron chi connectivity index (χ4n) is 0.969. The molecule has 0 saturated heterocycles. The van der Waals surface area contributed by atoms with E-state index < -0.39 is 30.2 Å². The lowest BCUT2D eigenvalue weighted by molar-refractivity contribution is 0.589. The predicted octanol–water partition coefficient (Wildman–Crippen LogP) is -1.61. The summed E-state index contributed by atoms with van der Waals surface area (Å²) in [6.07, 6.45) is 3.56. The van der Waals surface area contributed by atoms with E-state index in [0.29, 0.717) is 0 Å². The molecule has 0 spiro atoms. The van der Waals surface area contributed by atoms with Crippen LogP contribution in [0.5, 0.6) is 0 Å². The summed E-state index contributed by atoms with van der Waals surface area (Å²) in [7, 11) is -7.94. The third-order valence-corrected chi connectivity index (χ3v) is 3.82. The molecule has 6 nitrogen and oxygen atoms in total. The average molecular weight is 224 g/mol. The fraction of sp³-hybridized carbons (Fsp3) is 0.200. The highest BCUT2D eigenvalue weighted by molar-refractivity contribution is 7.96. The Labute approximate surface area is 76.0 Å². The van der Waals surface area contributed by atoms with Crippen LogP contribution in [0.4, 0.5) is 0 Å². The van der Waals surface area contributed by atoms with Crippen LogP contribution in [-0.2, 0) is 20.0 Å². The van der Waals surface area contributed by atoms with E-state index in [0.717, 1.165) is 12.2 Å². The average Bonchev–Trinajstić information content (AvgIpc) is 2.27. The standard InChI is InChI=1S/C5H8N2O4S2/c6-12(8,9)4-2-1-3-5(4)13(7,10)11/h1-4H,(H2,6,8,9)(H2,7,10,11). The molecule has 0 fully saturated rings. The maximum absolute atomic E-state index is 10.9. The minimum Gasteiger partial charge on any atom is -0.228 e. The monoisotopic (exact) mass is 224 g/mol. The Morgan fingerprint density at radius 1 is 1.15 bits per heavy atom. The first-order chi connectivity index (χ1) is 5.73. The summed E-state index contributed by atoms with van der Waals surface area (Å²) in [5, 5.41) is 8.21. The van der Waals surface area contributed by atoms with Gasteiger partial charge in [0, 0.05) is 0 Å². The number of hydrogen-bond acceptors (Lipinski definition) is 4. The van der Waals surface area contributed by atoms with E-state index in [1.54, 1.807) is 0 Å². The van der Waals surface area contributed by atoms with E-state index >= 15 is 0 Å². The SMILES string of the molecule is NS(=O)(=O)C1=CC=CC1S(N)(=O)=O. The van der Waals surface area contributed by atoms with Crippen molar-refractivity contribution in [1.82, 2.24) is 0 Å². The van der Waals surface area contributed by atoms with Gasteiger partial charge in [-0.25, -0.2) is 27.1 Å². The molecule has 1 aliphatic rings. The molecule has 1 unspecified atom stereocenters. The van der Waals surface area contributed by atoms with E-state index in [2.05, 4.69) is 0 Å². The Kier molecular flexibility index (Phi) is 2.32. The highest BCUT2D eigenvalue weighted by atomic mass is 32.2. The number of rotatable bonds is 2. The van der Waals surface area contributed by atoms with E-state index in [9.17, 15) is 16.8 Å². The Balaban J connectivity index is 3.22. The van der Waals surface area contributed by atoms with Crippen LogP contribution in [0.3, 0.4) is 0 Å². The van der Waals surface area contributed by atoms with E-state index in [1.807, 2.05) is 0 Å². The first-order valence-corrected chi connectivity index (χ1v) is 6.31. The molecule has 0 radical (unpaired) electrons. The van der Waals surface area contributed by atoms with Gasteiger partial charge in [0.25, 0.3) is 0 Å². The molecule has 0 aliphatic heterocycles. The van der Waals surface area contributed by atoms with Crippen LogP contribution in [-0.4, -0.2) is 22.1 Å². The van der Waals surface area contributed by atoms with Crippen LogP contribution in [0.15, 0.2) is 23.1 Å². The van der Waals surface area contributed by atoms with Crippen LogP contribution >= 0.6 is 0 Å². The van der Waals surface area contributed by atoms with Crippen molar-refractivity contribution in [2.75, 3.05) is 0 Å². The van der Waals surface area contributed by atoms with Gasteiger partial charge in [-0.3, -0.25) is 0 Å². The van der Waals surface area contributed by atoms with Crippen molar-refractivity contribution in [3.05, 3.63) is 23.1 Å². The summed E-state index contributed by atoms with van der Waals surface area (Å²) in [4.78, 5) is -0.394. The number of primary sulfonamides is 2. The van der Waals surface area contributed by atoms with Crippen molar-refractivity contribution in [2.24, 2.45) is 10.3 Å². The van der Waals surface area contributed by atoms with Gasteiger partial charge in [0.15, 0.2) is 0 Å². The van der Waals surface area contributed by atoms with Crippen molar-refractivity contribution >= 4 is 20.0 Å². The third kappa shape index (κ3) is 2.15. The van der Waals surface area contributed by atoms with Crippen molar-refractivity contribution in [3.8, 4) is 0 Å². The second-order valence-electron chi connectivity index (χ2n) is 2.51. The molecule has 1 aliphatic carbocycles. The second kappa shape index (κ2) is 2.91. The van der Waals surface area contributed by atoms with Crippen LogP contribution in [0, 0.1) is 0 Å². The molecular weight excluding hydrogens is 216 g/mol. The van der Waals surface area contributed by atoms with Gasteiger partial charge in [0.05, 0.1) is 4.91 Å². The van der Waals surface area contributed by atoms with Crippen molar-refractivity contribution in [1.29, 1.82) is 0 Å². The summed E-state index contributed by atoms with van der Waals surface area (Å²) in [6, 6.07) is 0. The van der Waals surface area contributed by atoms with Gasteiger partial charge in [-0.05, 0) is 6.08 Å². The number of allylic oxidation sites excluding steroid dienone is 2. The molecule has 1 atom stereocenters. The Hall–Kier alpha value is -0.700. The topological polar surface area (TPSA) is 120 Å². The molecule has 0 aromatic heterocycles. The van der Waals surface area contributed by atoms with Crippen LogP contribution < -0.4 is 10.3 Å². The third-order valence-electron chi connectivity index (χ3n) is 1.51. The highest BCUT2D eigenvalue weighted by Gasteiger charge is 2.32. The van der Waals surface area contributed by atoms with Gasteiger partial charge in [0.1, 0.15) is 5.25 Å². The van der Waals surface area contributed by atoms with Gasteiger partial charge in [-0.1, -0.05) is 12.2 Å². The van der Waals surface area contributed by atoms with Crippen molar-refractivity contribution in [2.45, 2.75) is 5.25 Å². The molecular formula is C5H8N2O4S2. The molecule has 0 aromatic rings. The second-order valence-corrected chi connectivity index (χ2v) is 5.76. The fourth-order valence-corrected chi connectivity index (χ4v) is 3.16. The minimum absolute atomic E-state index is 0.394. The van der Waals surface area contributed by atoms with Gasteiger partial charge in [-0.2, -0.15) is 0 Å². The summed E-state index contributed by atoms with van der Waals surface area (Å²) in [5.41, 5.74) is 0. The molecule has 0 saturated carbocycles. The van der Waals surface area contributed by atoms with Gasteiger partial charge in [-0.15, -0.1) is 0 Å². The molecule has 13 heavy (non-hydrogen) atoms. The predicted molar refractivity (Wildman–Crippen MR) is 47.2 cm³/mol. The summed E-state index contributed by atoms with van der Waals surface area (Å²) in [5.74, 6) is 0. The molecule has 1 rings (SSSR count). The quantitative estimate of drug-likeness (QED) is 0.585. The van der Waals surface area contributed by atoms with E-state index in [1.165, 1.54) is 6.08 Å².